The first-order valence-corrected chi connectivity index (χ1v) is 6.10. The van der Waals surface area contributed by atoms with Gasteiger partial charge in [0.15, 0.2) is 5.69 Å². The quantitative estimate of drug-likeness (QED) is 0.631. The van der Waals surface area contributed by atoms with E-state index >= 15 is 0 Å². The zero-order valence-corrected chi connectivity index (χ0v) is 10.8. The normalized spacial score (nSPS) is 16.2. The molecule has 0 aromatic carbocycles. The number of hydrogen-bond donors (Lipinski definition) is 0. The number of aromatic nitrogens is 2. The summed E-state index contributed by atoms with van der Waals surface area (Å²) in [6.45, 7) is 0. The van der Waals surface area contributed by atoms with Crippen molar-refractivity contribution >= 4 is 12.1 Å². The number of hydrazone groups is 1. The van der Waals surface area contributed by atoms with Crippen LogP contribution in [0.1, 0.15) is 30.7 Å². The molecule has 1 heterocycles. The Morgan fingerprint density at radius 1 is 1.40 bits per heavy atom. The van der Waals surface area contributed by atoms with Crippen LogP contribution in [-0.4, -0.2) is 34.4 Å². The lowest BCUT2D eigenvalue weighted by Gasteiger charge is -2.26. The molecule has 1 fully saturated rings. The number of alkyl halides is 3. The summed E-state index contributed by atoms with van der Waals surface area (Å²) in [5.41, 5.74) is -0.903. The molecule has 1 aromatic rings. The third-order valence-electron chi connectivity index (χ3n) is 3.11. The molecule has 0 N–H and O–H groups in total. The largest absolute Gasteiger partial charge is 0.435 e. The van der Waals surface area contributed by atoms with Crippen molar-refractivity contribution in [1.29, 1.82) is 0 Å². The fraction of sp³-hybridized carbons (Fsp3) is 0.500. The molecule has 0 saturated heterocycles. The number of rotatable bonds is 3. The number of nitrogens with zero attached hydrogens (tertiary/aromatic N) is 4. The molecule has 0 aliphatic heterocycles. The minimum atomic E-state index is -4.51. The van der Waals surface area contributed by atoms with Crippen molar-refractivity contribution < 1.29 is 18.0 Å². The van der Waals surface area contributed by atoms with Gasteiger partial charge in [0, 0.05) is 13.0 Å². The van der Waals surface area contributed by atoms with Crippen LogP contribution in [0.25, 0.3) is 0 Å². The molecule has 8 heteroatoms. The van der Waals surface area contributed by atoms with E-state index in [0.717, 1.165) is 31.4 Å². The fourth-order valence-corrected chi connectivity index (χ4v) is 1.68. The minimum Gasteiger partial charge on any atom is -0.273 e. The Morgan fingerprint density at radius 2 is 2.10 bits per heavy atom. The molecule has 1 amide bonds. The molecule has 1 aliphatic carbocycles. The molecule has 2 rings (SSSR count). The third-order valence-corrected chi connectivity index (χ3v) is 3.11. The lowest BCUT2D eigenvalue weighted by Crippen LogP contribution is -2.33. The van der Waals surface area contributed by atoms with Crippen molar-refractivity contribution in [2.75, 3.05) is 7.05 Å². The van der Waals surface area contributed by atoms with E-state index < -0.39 is 11.9 Å². The highest BCUT2D eigenvalue weighted by molar-refractivity contribution is 5.82. The summed E-state index contributed by atoms with van der Waals surface area (Å²) >= 11 is 0. The first kappa shape index (κ1) is 14.4. The van der Waals surface area contributed by atoms with E-state index in [9.17, 15) is 18.0 Å². The van der Waals surface area contributed by atoms with Gasteiger partial charge in [-0.15, -0.1) is 10.2 Å². The van der Waals surface area contributed by atoms with Gasteiger partial charge in [0.2, 0.25) is 5.91 Å². The van der Waals surface area contributed by atoms with Gasteiger partial charge in [0.1, 0.15) is 5.69 Å². The third kappa shape index (κ3) is 3.31. The molecule has 20 heavy (non-hydrogen) atoms. The molecule has 1 aromatic heterocycles. The van der Waals surface area contributed by atoms with Crippen LogP contribution < -0.4 is 0 Å². The Labute approximate surface area is 113 Å². The molecular formula is C12H13F3N4O. The molecule has 108 valence electrons. The van der Waals surface area contributed by atoms with Crippen molar-refractivity contribution in [3.05, 3.63) is 23.5 Å². The number of carbonyl (C=O) groups is 1. The topological polar surface area (TPSA) is 58.5 Å². The van der Waals surface area contributed by atoms with E-state index in [1.54, 1.807) is 0 Å². The maximum absolute atomic E-state index is 12.3. The molecule has 0 atom stereocenters. The standard InChI is InChI=1S/C12H13F3N4O/c1-19(11(20)8-3-2-4-8)16-7-9-5-6-10(18-17-9)12(13,14)15/h5-8H,2-4H2,1H3/b16-7+. The lowest BCUT2D eigenvalue weighted by molar-refractivity contribution is -0.141. The second-order valence-corrected chi connectivity index (χ2v) is 4.58. The van der Waals surface area contributed by atoms with Crippen molar-refractivity contribution in [2.45, 2.75) is 25.4 Å². The Kier molecular flexibility index (Phi) is 4.01. The Morgan fingerprint density at radius 3 is 2.55 bits per heavy atom. The van der Waals surface area contributed by atoms with E-state index in [2.05, 4.69) is 15.3 Å². The highest BCUT2D eigenvalue weighted by atomic mass is 19.4. The molecule has 0 bridgehead atoms. The monoisotopic (exact) mass is 286 g/mol. The van der Waals surface area contributed by atoms with Crippen LogP contribution in [-0.2, 0) is 11.0 Å². The van der Waals surface area contributed by atoms with E-state index in [-0.39, 0.29) is 17.5 Å². The number of carbonyl (C=O) groups excluding carboxylic acids is 1. The summed E-state index contributed by atoms with van der Waals surface area (Å²) in [6.07, 6.45) is -0.542. The highest BCUT2D eigenvalue weighted by Gasteiger charge is 2.32. The molecular weight excluding hydrogens is 273 g/mol. The molecule has 0 radical (unpaired) electrons. The van der Waals surface area contributed by atoms with Crippen molar-refractivity contribution in [2.24, 2.45) is 11.0 Å². The number of halogens is 3. The van der Waals surface area contributed by atoms with E-state index in [0.29, 0.717) is 0 Å². The highest BCUT2D eigenvalue weighted by Crippen LogP contribution is 2.28. The summed E-state index contributed by atoms with van der Waals surface area (Å²) in [6, 6.07) is 1.98. The average molecular weight is 286 g/mol. The van der Waals surface area contributed by atoms with Gasteiger partial charge in [0.05, 0.1) is 6.21 Å². The zero-order valence-electron chi connectivity index (χ0n) is 10.8. The maximum atomic E-state index is 12.3. The van der Waals surface area contributed by atoms with E-state index in [1.165, 1.54) is 18.3 Å². The van der Waals surface area contributed by atoms with Gasteiger partial charge in [-0.1, -0.05) is 6.42 Å². The van der Waals surface area contributed by atoms with Crippen LogP contribution in [0.15, 0.2) is 17.2 Å². The van der Waals surface area contributed by atoms with Gasteiger partial charge in [-0.2, -0.15) is 18.3 Å². The van der Waals surface area contributed by atoms with E-state index in [4.69, 9.17) is 0 Å². The van der Waals surface area contributed by atoms with Crippen LogP contribution in [0.5, 0.6) is 0 Å². The Bertz CT molecular complexity index is 508. The predicted octanol–water partition coefficient (Wildman–Crippen LogP) is 2.09. The SMILES string of the molecule is CN(/N=C/c1ccc(C(F)(F)F)nn1)C(=O)C1CCC1. The van der Waals surface area contributed by atoms with Gasteiger partial charge < -0.3 is 0 Å². The number of hydrogen-bond acceptors (Lipinski definition) is 4. The minimum absolute atomic E-state index is 0.0100. The van der Waals surface area contributed by atoms with Gasteiger partial charge in [-0.25, -0.2) is 5.01 Å². The maximum Gasteiger partial charge on any atom is 0.435 e. The zero-order chi connectivity index (χ0) is 14.8. The van der Waals surface area contributed by atoms with Crippen LogP contribution in [0.4, 0.5) is 13.2 Å². The summed E-state index contributed by atoms with van der Waals surface area (Å²) < 4.78 is 36.9. The average Bonchev–Trinajstić information content (AvgIpc) is 2.33. The molecule has 0 spiro atoms. The van der Waals surface area contributed by atoms with Gasteiger partial charge >= 0.3 is 6.18 Å². The van der Waals surface area contributed by atoms with Crippen molar-refractivity contribution in [3.63, 3.8) is 0 Å². The van der Waals surface area contributed by atoms with Gasteiger partial charge in [-0.3, -0.25) is 4.79 Å². The Balaban J connectivity index is 1.98. The first-order chi connectivity index (χ1) is 9.38. The molecule has 1 aliphatic rings. The summed E-state index contributed by atoms with van der Waals surface area (Å²) in [5, 5.41) is 11.5. The summed E-state index contributed by atoms with van der Waals surface area (Å²) in [4.78, 5) is 11.8. The summed E-state index contributed by atoms with van der Waals surface area (Å²) in [5.74, 6) is -0.0804. The molecule has 1 saturated carbocycles. The second-order valence-electron chi connectivity index (χ2n) is 4.58. The molecule has 5 nitrogen and oxygen atoms in total. The van der Waals surface area contributed by atoms with Crippen LogP contribution in [0, 0.1) is 5.92 Å². The second kappa shape index (κ2) is 5.56. The number of amides is 1. The van der Waals surface area contributed by atoms with Crippen LogP contribution >= 0.6 is 0 Å². The lowest BCUT2D eigenvalue weighted by atomic mass is 9.85. The van der Waals surface area contributed by atoms with Crippen molar-refractivity contribution in [3.8, 4) is 0 Å². The predicted molar refractivity (Wildman–Crippen MR) is 64.7 cm³/mol. The first-order valence-electron chi connectivity index (χ1n) is 6.10. The summed E-state index contributed by atoms with van der Waals surface area (Å²) in [7, 11) is 1.51. The van der Waals surface area contributed by atoms with Crippen LogP contribution in [0.3, 0.4) is 0 Å². The van der Waals surface area contributed by atoms with Gasteiger partial charge in [0.25, 0.3) is 0 Å². The smallest absolute Gasteiger partial charge is 0.273 e. The van der Waals surface area contributed by atoms with Crippen molar-refractivity contribution in [1.82, 2.24) is 15.2 Å². The fourth-order valence-electron chi connectivity index (χ4n) is 1.68. The van der Waals surface area contributed by atoms with Crippen LogP contribution in [0.2, 0.25) is 0 Å². The van der Waals surface area contributed by atoms with Gasteiger partial charge in [-0.05, 0) is 25.0 Å². The van der Waals surface area contributed by atoms with E-state index in [1.807, 2.05) is 0 Å². The molecule has 0 unspecified atom stereocenters. The Hall–Kier alpha value is -1.99.